The van der Waals surface area contributed by atoms with Crippen molar-refractivity contribution in [2.24, 2.45) is 0 Å². The molecule has 0 bridgehead atoms. The van der Waals surface area contributed by atoms with Crippen LogP contribution in [0.2, 0.25) is 0 Å². The second-order valence-corrected chi connectivity index (χ2v) is 6.39. The number of amides is 1. The van der Waals surface area contributed by atoms with Crippen LogP contribution < -0.4 is 5.32 Å². The van der Waals surface area contributed by atoms with Gasteiger partial charge in [0.05, 0.1) is 18.2 Å². The molecular weight excluding hydrogens is 240 g/mol. The Balaban J connectivity index is 1.54. The summed E-state index contributed by atoms with van der Waals surface area (Å²) >= 11 is 0. The van der Waals surface area contributed by atoms with Gasteiger partial charge in [0.1, 0.15) is 0 Å². The summed E-state index contributed by atoms with van der Waals surface area (Å²) in [7, 11) is 0. The summed E-state index contributed by atoms with van der Waals surface area (Å²) in [5.74, 6) is 0.241. The summed E-state index contributed by atoms with van der Waals surface area (Å²) in [5, 5.41) is 3.18. The van der Waals surface area contributed by atoms with Gasteiger partial charge in [-0.05, 0) is 38.6 Å². The van der Waals surface area contributed by atoms with Crippen molar-refractivity contribution >= 4 is 5.91 Å². The van der Waals surface area contributed by atoms with E-state index in [-0.39, 0.29) is 17.6 Å². The van der Waals surface area contributed by atoms with E-state index in [0.29, 0.717) is 6.54 Å². The molecule has 1 atom stereocenters. The molecule has 4 heteroatoms. The first kappa shape index (κ1) is 13.4. The highest BCUT2D eigenvalue weighted by atomic mass is 16.5. The van der Waals surface area contributed by atoms with Crippen molar-refractivity contribution in [3.63, 3.8) is 0 Å². The molecule has 0 aromatic heterocycles. The quantitative estimate of drug-likeness (QED) is 0.827. The summed E-state index contributed by atoms with van der Waals surface area (Å²) in [6.45, 7) is 3.15. The van der Waals surface area contributed by atoms with Crippen LogP contribution in [0.25, 0.3) is 0 Å². The molecule has 1 unspecified atom stereocenters. The lowest BCUT2D eigenvalue weighted by molar-refractivity contribution is -0.133. The Morgan fingerprint density at radius 3 is 2.89 bits per heavy atom. The first-order valence-corrected chi connectivity index (χ1v) is 7.94. The minimum atomic E-state index is 0.177. The molecule has 1 saturated carbocycles. The third kappa shape index (κ3) is 3.11. The zero-order valence-corrected chi connectivity index (χ0v) is 11.8. The Hall–Kier alpha value is -0.610. The van der Waals surface area contributed by atoms with E-state index in [1.165, 1.54) is 38.5 Å². The van der Waals surface area contributed by atoms with E-state index in [1.54, 1.807) is 0 Å². The van der Waals surface area contributed by atoms with E-state index in [4.69, 9.17) is 4.74 Å². The zero-order chi connectivity index (χ0) is 13.1. The average molecular weight is 266 g/mol. The smallest absolute Gasteiger partial charge is 0.236 e. The fraction of sp³-hybridized carbons (Fsp3) is 0.933. The lowest BCUT2D eigenvalue weighted by atomic mass is 9.83. The van der Waals surface area contributed by atoms with Crippen LogP contribution in [0.15, 0.2) is 0 Å². The normalized spacial score (nSPS) is 31.7. The van der Waals surface area contributed by atoms with Crippen LogP contribution in [0.5, 0.6) is 0 Å². The van der Waals surface area contributed by atoms with E-state index < -0.39 is 0 Å². The summed E-state index contributed by atoms with van der Waals surface area (Å²) in [5.41, 5.74) is 0.177. The third-order valence-electron chi connectivity index (χ3n) is 4.94. The van der Waals surface area contributed by atoms with Gasteiger partial charge in [-0.25, -0.2) is 0 Å². The number of ether oxygens (including phenoxy) is 1. The zero-order valence-electron chi connectivity index (χ0n) is 11.8. The van der Waals surface area contributed by atoms with Crippen LogP contribution in [0.1, 0.15) is 51.4 Å². The Morgan fingerprint density at radius 2 is 2.05 bits per heavy atom. The topological polar surface area (TPSA) is 41.6 Å². The second kappa shape index (κ2) is 5.80. The maximum Gasteiger partial charge on any atom is 0.236 e. The van der Waals surface area contributed by atoms with Crippen molar-refractivity contribution in [2.75, 3.05) is 26.2 Å². The van der Waals surface area contributed by atoms with Gasteiger partial charge in [-0.3, -0.25) is 4.79 Å². The molecule has 4 nitrogen and oxygen atoms in total. The van der Waals surface area contributed by atoms with Crippen LogP contribution in [-0.2, 0) is 9.53 Å². The standard InChI is InChI=1S/C15H26N2O2/c18-14-11-16-9-4-10-17(14)12-13-5-8-15(19-13)6-2-1-3-7-15/h13,16H,1-12H2. The van der Waals surface area contributed by atoms with E-state index in [0.717, 1.165) is 32.5 Å². The van der Waals surface area contributed by atoms with Gasteiger partial charge in [0, 0.05) is 13.1 Å². The molecular formula is C15H26N2O2. The van der Waals surface area contributed by atoms with Crippen molar-refractivity contribution < 1.29 is 9.53 Å². The van der Waals surface area contributed by atoms with Gasteiger partial charge in [-0.1, -0.05) is 19.3 Å². The molecule has 2 aliphatic heterocycles. The maximum absolute atomic E-state index is 12.0. The molecule has 1 spiro atoms. The largest absolute Gasteiger partial charge is 0.370 e. The molecule has 0 aromatic carbocycles. The lowest BCUT2D eigenvalue weighted by Crippen LogP contribution is -2.41. The van der Waals surface area contributed by atoms with Crippen LogP contribution in [-0.4, -0.2) is 48.7 Å². The molecule has 19 heavy (non-hydrogen) atoms. The number of nitrogens with zero attached hydrogens (tertiary/aromatic N) is 1. The van der Waals surface area contributed by atoms with Gasteiger partial charge >= 0.3 is 0 Å². The molecule has 1 aliphatic carbocycles. The highest BCUT2D eigenvalue weighted by Crippen LogP contribution is 2.42. The summed E-state index contributed by atoms with van der Waals surface area (Å²) in [6.07, 6.45) is 10.2. The van der Waals surface area contributed by atoms with Gasteiger partial charge in [-0.2, -0.15) is 0 Å². The van der Waals surface area contributed by atoms with Crippen LogP contribution in [0.4, 0.5) is 0 Å². The predicted molar refractivity (Wildman–Crippen MR) is 74.0 cm³/mol. The van der Waals surface area contributed by atoms with E-state index >= 15 is 0 Å². The highest BCUT2D eigenvalue weighted by Gasteiger charge is 2.41. The number of hydrogen-bond donors (Lipinski definition) is 1. The third-order valence-corrected chi connectivity index (χ3v) is 4.94. The molecule has 2 heterocycles. The fourth-order valence-electron chi connectivity index (χ4n) is 3.85. The Morgan fingerprint density at radius 1 is 1.21 bits per heavy atom. The van der Waals surface area contributed by atoms with Crippen molar-refractivity contribution in [2.45, 2.75) is 63.1 Å². The van der Waals surface area contributed by atoms with Crippen LogP contribution >= 0.6 is 0 Å². The van der Waals surface area contributed by atoms with Gasteiger partial charge in [-0.15, -0.1) is 0 Å². The number of carbonyl (C=O) groups excluding carboxylic acids is 1. The summed E-state index contributed by atoms with van der Waals surface area (Å²) in [6, 6.07) is 0. The Bertz CT molecular complexity index is 326. The van der Waals surface area contributed by atoms with Crippen molar-refractivity contribution in [3.05, 3.63) is 0 Å². The first-order chi connectivity index (χ1) is 9.27. The minimum absolute atomic E-state index is 0.177. The Labute approximate surface area is 115 Å². The molecule has 3 aliphatic rings. The van der Waals surface area contributed by atoms with Gasteiger partial charge in [0.25, 0.3) is 0 Å². The van der Waals surface area contributed by atoms with Crippen LogP contribution in [0, 0.1) is 0 Å². The molecule has 108 valence electrons. The van der Waals surface area contributed by atoms with Crippen LogP contribution in [0.3, 0.4) is 0 Å². The number of nitrogens with one attached hydrogen (secondary N) is 1. The van der Waals surface area contributed by atoms with Crippen molar-refractivity contribution in [3.8, 4) is 0 Å². The monoisotopic (exact) mass is 266 g/mol. The summed E-state index contributed by atoms with van der Waals surface area (Å²) in [4.78, 5) is 14.0. The van der Waals surface area contributed by atoms with Gasteiger partial charge in [0.2, 0.25) is 5.91 Å². The second-order valence-electron chi connectivity index (χ2n) is 6.39. The highest BCUT2D eigenvalue weighted by molar-refractivity contribution is 5.78. The van der Waals surface area contributed by atoms with E-state index in [2.05, 4.69) is 5.32 Å². The Kier molecular flexibility index (Phi) is 4.08. The van der Waals surface area contributed by atoms with Gasteiger partial charge in [0.15, 0.2) is 0 Å². The SMILES string of the molecule is O=C1CNCCCN1CC1CCC2(CCCCC2)O1. The minimum Gasteiger partial charge on any atom is -0.370 e. The average Bonchev–Trinajstić information content (AvgIpc) is 2.68. The number of rotatable bonds is 2. The molecule has 0 aromatic rings. The van der Waals surface area contributed by atoms with Gasteiger partial charge < -0.3 is 15.0 Å². The molecule has 1 amide bonds. The summed E-state index contributed by atoms with van der Waals surface area (Å²) < 4.78 is 6.37. The maximum atomic E-state index is 12.0. The first-order valence-electron chi connectivity index (χ1n) is 7.94. The molecule has 2 saturated heterocycles. The van der Waals surface area contributed by atoms with E-state index in [1.807, 2.05) is 4.90 Å². The molecule has 3 fully saturated rings. The molecule has 0 radical (unpaired) electrons. The number of hydrogen-bond acceptors (Lipinski definition) is 3. The molecule has 1 N–H and O–H groups in total. The fourth-order valence-corrected chi connectivity index (χ4v) is 3.85. The number of carbonyl (C=O) groups is 1. The van der Waals surface area contributed by atoms with Crippen molar-refractivity contribution in [1.82, 2.24) is 10.2 Å². The van der Waals surface area contributed by atoms with Crippen molar-refractivity contribution in [1.29, 1.82) is 0 Å². The van der Waals surface area contributed by atoms with E-state index in [9.17, 15) is 4.79 Å². The lowest BCUT2D eigenvalue weighted by Gasteiger charge is -2.34. The molecule has 3 rings (SSSR count). The predicted octanol–water partition coefficient (Wildman–Crippen LogP) is 1.69.